The second-order valence-corrected chi connectivity index (χ2v) is 11.5. The van der Waals surface area contributed by atoms with E-state index in [2.05, 4.69) is 76.2 Å². The SMILES string of the molecule is Cc1sc2ncnc(N3CCC(C(=O)NCC(c4ccccc4)N4CCC(C)CC4)CC3)c2c1C. The first-order valence-corrected chi connectivity index (χ1v) is 13.8. The third-order valence-corrected chi connectivity index (χ3v) is 9.14. The molecule has 1 atom stereocenters. The number of anilines is 1. The Bertz CT molecular complexity index is 1150. The molecular weight excluding hydrogens is 454 g/mol. The van der Waals surface area contributed by atoms with Crippen LogP contribution in [0, 0.1) is 25.7 Å². The van der Waals surface area contributed by atoms with Gasteiger partial charge in [-0.05, 0) is 69.7 Å². The van der Waals surface area contributed by atoms with Crippen LogP contribution >= 0.6 is 11.3 Å². The van der Waals surface area contributed by atoms with E-state index in [4.69, 9.17) is 0 Å². The highest BCUT2D eigenvalue weighted by Crippen LogP contribution is 2.35. The fourth-order valence-corrected chi connectivity index (χ4v) is 6.56. The highest BCUT2D eigenvalue weighted by molar-refractivity contribution is 7.18. The maximum absolute atomic E-state index is 13.2. The Morgan fingerprint density at radius 2 is 1.77 bits per heavy atom. The molecule has 0 aliphatic carbocycles. The maximum Gasteiger partial charge on any atom is 0.223 e. The molecule has 4 heterocycles. The molecule has 0 radical (unpaired) electrons. The summed E-state index contributed by atoms with van der Waals surface area (Å²) in [5.74, 6) is 2.08. The van der Waals surface area contributed by atoms with Crippen LogP contribution in [-0.2, 0) is 4.79 Å². The summed E-state index contributed by atoms with van der Waals surface area (Å²) >= 11 is 1.74. The molecular formula is C28H37N5OS. The number of nitrogens with zero attached hydrogens (tertiary/aromatic N) is 4. The van der Waals surface area contributed by atoms with Crippen molar-refractivity contribution in [2.24, 2.45) is 11.8 Å². The minimum absolute atomic E-state index is 0.0617. The number of piperidine rings is 2. The van der Waals surface area contributed by atoms with Gasteiger partial charge in [-0.2, -0.15) is 0 Å². The molecule has 2 fully saturated rings. The minimum atomic E-state index is 0.0617. The molecule has 1 N–H and O–H groups in total. The Labute approximate surface area is 212 Å². The van der Waals surface area contributed by atoms with Crippen LogP contribution in [0.3, 0.4) is 0 Å². The van der Waals surface area contributed by atoms with Crippen molar-refractivity contribution in [2.45, 2.75) is 52.5 Å². The van der Waals surface area contributed by atoms with Gasteiger partial charge in [-0.15, -0.1) is 11.3 Å². The number of aromatic nitrogens is 2. The van der Waals surface area contributed by atoms with Crippen LogP contribution < -0.4 is 10.2 Å². The van der Waals surface area contributed by atoms with E-state index in [9.17, 15) is 4.79 Å². The minimum Gasteiger partial charge on any atom is -0.356 e. The molecule has 2 aromatic heterocycles. The number of nitrogens with one attached hydrogen (secondary N) is 1. The summed E-state index contributed by atoms with van der Waals surface area (Å²) in [5, 5.41) is 4.51. The molecule has 0 bridgehead atoms. The summed E-state index contributed by atoms with van der Waals surface area (Å²) < 4.78 is 0. The van der Waals surface area contributed by atoms with Crippen LogP contribution in [0.1, 0.15) is 54.7 Å². The second-order valence-electron chi connectivity index (χ2n) is 10.3. The highest BCUT2D eigenvalue weighted by atomic mass is 32.1. The van der Waals surface area contributed by atoms with E-state index in [-0.39, 0.29) is 17.9 Å². The smallest absolute Gasteiger partial charge is 0.223 e. The summed E-state index contributed by atoms with van der Waals surface area (Å²) in [7, 11) is 0. The average Bonchev–Trinajstić information content (AvgIpc) is 3.19. The van der Waals surface area contributed by atoms with Gasteiger partial charge in [-0.3, -0.25) is 9.69 Å². The van der Waals surface area contributed by atoms with Gasteiger partial charge in [0.25, 0.3) is 0 Å². The highest BCUT2D eigenvalue weighted by Gasteiger charge is 2.29. The van der Waals surface area contributed by atoms with Crippen molar-refractivity contribution < 1.29 is 4.79 Å². The molecule has 6 nitrogen and oxygen atoms in total. The molecule has 1 unspecified atom stereocenters. The summed E-state index contributed by atoms with van der Waals surface area (Å²) in [6, 6.07) is 10.9. The number of benzene rings is 1. The molecule has 5 rings (SSSR count). The summed E-state index contributed by atoms with van der Waals surface area (Å²) in [4.78, 5) is 29.6. The van der Waals surface area contributed by atoms with E-state index in [0.717, 1.165) is 55.6 Å². The van der Waals surface area contributed by atoms with Gasteiger partial charge in [0.1, 0.15) is 17.0 Å². The third-order valence-electron chi connectivity index (χ3n) is 8.02. The van der Waals surface area contributed by atoms with Crippen LogP contribution in [0.2, 0.25) is 0 Å². The van der Waals surface area contributed by atoms with Crippen LogP contribution in [0.15, 0.2) is 36.7 Å². The van der Waals surface area contributed by atoms with E-state index in [1.54, 1.807) is 17.7 Å². The van der Waals surface area contributed by atoms with Crippen molar-refractivity contribution in [3.63, 3.8) is 0 Å². The average molecular weight is 492 g/mol. The van der Waals surface area contributed by atoms with Crippen LogP contribution in [0.25, 0.3) is 10.2 Å². The van der Waals surface area contributed by atoms with Gasteiger partial charge in [-0.1, -0.05) is 37.3 Å². The van der Waals surface area contributed by atoms with Crippen molar-refractivity contribution in [1.82, 2.24) is 20.2 Å². The van der Waals surface area contributed by atoms with Gasteiger partial charge in [0.15, 0.2) is 0 Å². The van der Waals surface area contributed by atoms with E-state index >= 15 is 0 Å². The quantitative estimate of drug-likeness (QED) is 0.519. The molecule has 7 heteroatoms. The largest absolute Gasteiger partial charge is 0.356 e. The molecule has 1 aromatic carbocycles. The Morgan fingerprint density at radius 3 is 2.49 bits per heavy atom. The van der Waals surface area contributed by atoms with E-state index in [0.29, 0.717) is 6.54 Å². The number of carbonyl (C=O) groups excluding carboxylic acids is 1. The summed E-state index contributed by atoms with van der Waals surface area (Å²) in [5.41, 5.74) is 2.57. The van der Waals surface area contributed by atoms with Crippen molar-refractivity contribution in [1.29, 1.82) is 0 Å². The van der Waals surface area contributed by atoms with Crippen molar-refractivity contribution >= 4 is 33.3 Å². The number of likely N-dealkylation sites (tertiary alicyclic amines) is 1. The number of thiophene rings is 1. The van der Waals surface area contributed by atoms with Gasteiger partial charge in [0.05, 0.1) is 11.4 Å². The third kappa shape index (κ3) is 5.21. The fraction of sp³-hybridized carbons (Fsp3) is 0.536. The van der Waals surface area contributed by atoms with Crippen LogP contribution in [0.5, 0.6) is 0 Å². The van der Waals surface area contributed by atoms with E-state index in [1.165, 1.54) is 34.2 Å². The van der Waals surface area contributed by atoms with Crippen LogP contribution in [-0.4, -0.2) is 53.5 Å². The Morgan fingerprint density at radius 1 is 1.06 bits per heavy atom. The molecule has 0 saturated carbocycles. The zero-order valence-electron chi connectivity index (χ0n) is 21.2. The molecule has 186 valence electrons. The number of carbonyl (C=O) groups is 1. The second kappa shape index (κ2) is 10.6. The van der Waals surface area contributed by atoms with Gasteiger partial charge in [0.2, 0.25) is 5.91 Å². The standard InChI is InChI=1S/C28H37N5OS/c1-19-9-13-32(14-10-19)24(22-7-5-4-6-8-22)17-29-27(34)23-11-15-33(16-12-23)26-25-20(2)21(3)35-28(25)31-18-30-26/h4-8,18-19,23-24H,9-17H2,1-3H3,(H,29,34). The first-order chi connectivity index (χ1) is 17.0. The molecule has 3 aromatic rings. The predicted octanol–water partition coefficient (Wildman–Crippen LogP) is 5.11. The number of hydrogen-bond acceptors (Lipinski definition) is 6. The monoisotopic (exact) mass is 491 g/mol. The lowest BCUT2D eigenvalue weighted by molar-refractivity contribution is -0.125. The first-order valence-electron chi connectivity index (χ1n) is 13.0. The number of aryl methyl sites for hydroxylation is 2. The molecule has 2 aliphatic heterocycles. The molecule has 2 aliphatic rings. The zero-order valence-corrected chi connectivity index (χ0v) is 22.0. The fourth-order valence-electron chi connectivity index (χ4n) is 5.57. The molecule has 2 saturated heterocycles. The zero-order chi connectivity index (χ0) is 24.4. The lowest BCUT2D eigenvalue weighted by atomic mass is 9.94. The normalized spacial score (nSPS) is 19.2. The number of amides is 1. The molecule has 1 amide bonds. The number of rotatable bonds is 6. The topological polar surface area (TPSA) is 61.4 Å². The first kappa shape index (κ1) is 24.2. The van der Waals surface area contributed by atoms with Gasteiger partial charge in [0, 0.05) is 30.4 Å². The van der Waals surface area contributed by atoms with Crippen molar-refractivity contribution in [3.05, 3.63) is 52.7 Å². The van der Waals surface area contributed by atoms with Gasteiger partial charge in [-0.25, -0.2) is 9.97 Å². The number of fused-ring (bicyclic) bond motifs is 1. The van der Waals surface area contributed by atoms with Crippen molar-refractivity contribution in [2.75, 3.05) is 37.6 Å². The lowest BCUT2D eigenvalue weighted by Crippen LogP contribution is -2.45. The molecule has 35 heavy (non-hydrogen) atoms. The maximum atomic E-state index is 13.2. The van der Waals surface area contributed by atoms with Crippen molar-refractivity contribution in [3.8, 4) is 0 Å². The Balaban J connectivity index is 1.21. The lowest BCUT2D eigenvalue weighted by Gasteiger charge is -2.37. The Hall–Kier alpha value is -2.51. The van der Waals surface area contributed by atoms with Gasteiger partial charge < -0.3 is 10.2 Å². The van der Waals surface area contributed by atoms with Crippen LogP contribution in [0.4, 0.5) is 5.82 Å². The Kier molecular flexibility index (Phi) is 7.35. The van der Waals surface area contributed by atoms with E-state index in [1.807, 2.05) is 0 Å². The van der Waals surface area contributed by atoms with E-state index < -0.39 is 0 Å². The summed E-state index contributed by atoms with van der Waals surface area (Å²) in [6.45, 7) is 11.2. The summed E-state index contributed by atoms with van der Waals surface area (Å²) in [6.07, 6.45) is 5.86. The molecule has 0 spiro atoms. The van der Waals surface area contributed by atoms with Gasteiger partial charge >= 0.3 is 0 Å². The number of hydrogen-bond donors (Lipinski definition) is 1. The predicted molar refractivity (Wildman–Crippen MR) is 144 cm³/mol.